The molecule has 2 N–H and O–H groups in total. The van der Waals surface area contributed by atoms with E-state index >= 15 is 0 Å². The Morgan fingerprint density at radius 3 is 2.79 bits per heavy atom. The molecule has 0 fully saturated rings. The minimum absolute atomic E-state index is 0.118. The molecule has 0 radical (unpaired) electrons. The number of hydrogen-bond donors (Lipinski definition) is 1. The molecule has 1 aliphatic rings. The van der Waals surface area contributed by atoms with Gasteiger partial charge in [-0.25, -0.2) is 0 Å². The maximum atomic E-state index is 13.0. The fraction of sp³-hybridized carbons (Fsp3) is 0.222. The third kappa shape index (κ3) is 2.46. The van der Waals surface area contributed by atoms with Gasteiger partial charge >= 0.3 is 0 Å². The van der Waals surface area contributed by atoms with Crippen LogP contribution in [-0.2, 0) is 6.42 Å². The molecule has 0 saturated carbocycles. The van der Waals surface area contributed by atoms with Gasteiger partial charge in [0.25, 0.3) is 5.91 Å². The van der Waals surface area contributed by atoms with Crippen LogP contribution >= 0.6 is 0 Å². The molecule has 24 heavy (non-hydrogen) atoms. The second-order valence-electron chi connectivity index (χ2n) is 5.92. The van der Waals surface area contributed by atoms with Crippen LogP contribution < -0.4 is 5.73 Å². The number of carbonyl (C=O) groups excluding carboxylic acids is 1. The molecule has 0 saturated heterocycles. The fourth-order valence-electron chi connectivity index (χ4n) is 3.27. The summed E-state index contributed by atoms with van der Waals surface area (Å²) in [4.78, 5) is 21.2. The maximum Gasteiger partial charge on any atom is 0.257 e. The molecule has 6 nitrogen and oxygen atoms in total. The van der Waals surface area contributed by atoms with Crippen molar-refractivity contribution in [2.45, 2.75) is 25.2 Å². The van der Waals surface area contributed by atoms with Crippen LogP contribution in [0.5, 0.6) is 0 Å². The van der Waals surface area contributed by atoms with E-state index in [0.717, 1.165) is 30.4 Å². The molecule has 0 amide bonds. The Morgan fingerprint density at radius 2 is 1.96 bits per heavy atom. The largest absolute Gasteiger partial charge is 0.368 e. The molecule has 0 unspecified atom stereocenters. The van der Waals surface area contributed by atoms with Gasteiger partial charge in [-0.1, -0.05) is 24.3 Å². The van der Waals surface area contributed by atoms with E-state index in [9.17, 15) is 4.79 Å². The summed E-state index contributed by atoms with van der Waals surface area (Å²) >= 11 is 0. The highest BCUT2D eigenvalue weighted by Gasteiger charge is 2.29. The molecule has 0 aliphatic heterocycles. The minimum atomic E-state index is -0.218. The van der Waals surface area contributed by atoms with Crippen molar-refractivity contribution >= 4 is 11.9 Å². The van der Waals surface area contributed by atoms with E-state index in [1.165, 1.54) is 10.2 Å². The molecule has 1 aliphatic carbocycles. The van der Waals surface area contributed by atoms with Gasteiger partial charge in [0.15, 0.2) is 5.82 Å². The van der Waals surface area contributed by atoms with Crippen molar-refractivity contribution in [2.24, 2.45) is 0 Å². The monoisotopic (exact) mass is 319 g/mol. The Kier molecular flexibility index (Phi) is 3.57. The van der Waals surface area contributed by atoms with E-state index in [2.05, 4.69) is 21.1 Å². The van der Waals surface area contributed by atoms with Crippen LogP contribution in [0.2, 0.25) is 0 Å². The van der Waals surface area contributed by atoms with Crippen LogP contribution in [-0.4, -0.2) is 25.7 Å². The van der Waals surface area contributed by atoms with Crippen molar-refractivity contribution in [2.75, 3.05) is 5.73 Å². The lowest BCUT2D eigenvalue weighted by molar-refractivity contribution is 0.0855. The third-order valence-corrected chi connectivity index (χ3v) is 4.45. The van der Waals surface area contributed by atoms with Crippen LogP contribution in [0.25, 0.3) is 11.4 Å². The molecular formula is C18H17N5O. The number of nitrogen functional groups attached to an aromatic ring is 1. The first-order valence-electron chi connectivity index (χ1n) is 7.99. The van der Waals surface area contributed by atoms with E-state index in [1.54, 1.807) is 24.5 Å². The van der Waals surface area contributed by atoms with Crippen LogP contribution in [0.4, 0.5) is 5.95 Å². The predicted molar refractivity (Wildman–Crippen MR) is 90.4 cm³/mol. The molecule has 3 aromatic rings. The lowest BCUT2D eigenvalue weighted by atomic mass is 9.82. The fourth-order valence-corrected chi connectivity index (χ4v) is 3.27. The van der Waals surface area contributed by atoms with E-state index < -0.39 is 0 Å². The molecule has 2 aromatic heterocycles. The predicted octanol–water partition coefficient (Wildman–Crippen LogP) is 2.68. The summed E-state index contributed by atoms with van der Waals surface area (Å²) in [6, 6.07) is 11.7. The summed E-state index contributed by atoms with van der Waals surface area (Å²) in [6.07, 6.45) is 6.12. The van der Waals surface area contributed by atoms with Crippen LogP contribution in [0.1, 0.15) is 34.7 Å². The minimum Gasteiger partial charge on any atom is -0.368 e. The van der Waals surface area contributed by atoms with Crippen LogP contribution in [0, 0.1) is 0 Å². The molecule has 0 bridgehead atoms. The van der Waals surface area contributed by atoms with Gasteiger partial charge in [-0.15, -0.1) is 5.10 Å². The standard InChI is InChI=1S/C18H17N5O/c19-18-21-16(13-8-10-20-11-9-13)22-23(18)17(24)15-7-3-5-12-4-1-2-6-14(12)15/h1-2,4,6,8-11,15H,3,5,7H2,(H2,19,21,22)/t15-/m1/s1. The van der Waals surface area contributed by atoms with Crippen molar-refractivity contribution in [1.29, 1.82) is 0 Å². The second-order valence-corrected chi connectivity index (χ2v) is 5.92. The maximum absolute atomic E-state index is 13.0. The highest BCUT2D eigenvalue weighted by molar-refractivity contribution is 5.88. The number of carbonyl (C=O) groups is 1. The number of pyridine rings is 1. The average Bonchev–Trinajstić information content (AvgIpc) is 3.03. The number of hydrogen-bond acceptors (Lipinski definition) is 5. The highest BCUT2D eigenvalue weighted by Crippen LogP contribution is 2.33. The number of anilines is 1. The van der Waals surface area contributed by atoms with E-state index in [-0.39, 0.29) is 17.8 Å². The lowest BCUT2D eigenvalue weighted by Crippen LogP contribution is -2.26. The van der Waals surface area contributed by atoms with Crippen molar-refractivity contribution in [1.82, 2.24) is 19.7 Å². The van der Waals surface area contributed by atoms with Gasteiger partial charge in [0.1, 0.15) is 0 Å². The van der Waals surface area contributed by atoms with Crippen molar-refractivity contribution < 1.29 is 4.79 Å². The topological polar surface area (TPSA) is 86.7 Å². The summed E-state index contributed by atoms with van der Waals surface area (Å²) in [5, 5.41) is 4.33. The highest BCUT2D eigenvalue weighted by atomic mass is 16.2. The lowest BCUT2D eigenvalue weighted by Gasteiger charge is -2.24. The number of nitrogens with zero attached hydrogens (tertiary/aromatic N) is 4. The van der Waals surface area contributed by atoms with Crippen molar-refractivity contribution in [3.8, 4) is 11.4 Å². The quantitative estimate of drug-likeness (QED) is 0.784. The van der Waals surface area contributed by atoms with E-state index in [0.29, 0.717) is 5.82 Å². The molecule has 0 spiro atoms. The zero-order valence-corrected chi connectivity index (χ0v) is 13.1. The Morgan fingerprint density at radius 1 is 1.17 bits per heavy atom. The molecule has 6 heteroatoms. The normalized spacial score (nSPS) is 16.6. The third-order valence-electron chi connectivity index (χ3n) is 4.45. The van der Waals surface area contributed by atoms with Gasteiger partial charge in [0.05, 0.1) is 5.92 Å². The molecular weight excluding hydrogens is 302 g/mol. The summed E-state index contributed by atoms with van der Waals surface area (Å²) in [6.45, 7) is 0. The Hall–Kier alpha value is -3.02. The van der Waals surface area contributed by atoms with Gasteiger partial charge < -0.3 is 5.73 Å². The summed E-state index contributed by atoms with van der Waals surface area (Å²) in [7, 11) is 0. The van der Waals surface area contributed by atoms with Gasteiger partial charge in [-0.3, -0.25) is 9.78 Å². The first-order chi connectivity index (χ1) is 11.7. The molecule has 2 heterocycles. The molecule has 4 rings (SSSR count). The molecule has 120 valence electrons. The molecule has 1 atom stereocenters. The number of aromatic nitrogens is 4. The number of rotatable bonds is 2. The number of fused-ring (bicyclic) bond motifs is 1. The summed E-state index contributed by atoms with van der Waals surface area (Å²) in [5.41, 5.74) is 9.05. The Labute approximate surface area is 139 Å². The zero-order valence-electron chi connectivity index (χ0n) is 13.1. The van der Waals surface area contributed by atoms with Gasteiger partial charge in [-0.05, 0) is 42.5 Å². The van der Waals surface area contributed by atoms with E-state index in [4.69, 9.17) is 5.73 Å². The Balaban J connectivity index is 1.70. The van der Waals surface area contributed by atoms with Gasteiger partial charge in [0.2, 0.25) is 5.95 Å². The summed E-state index contributed by atoms with van der Waals surface area (Å²) < 4.78 is 1.24. The number of benzene rings is 1. The molecule has 1 aromatic carbocycles. The van der Waals surface area contributed by atoms with Crippen LogP contribution in [0.3, 0.4) is 0 Å². The van der Waals surface area contributed by atoms with Gasteiger partial charge in [0, 0.05) is 18.0 Å². The van der Waals surface area contributed by atoms with Crippen molar-refractivity contribution in [3.05, 3.63) is 59.9 Å². The first kappa shape index (κ1) is 14.6. The van der Waals surface area contributed by atoms with Gasteiger partial charge in [-0.2, -0.15) is 9.67 Å². The smallest absolute Gasteiger partial charge is 0.257 e. The van der Waals surface area contributed by atoms with Crippen LogP contribution in [0.15, 0.2) is 48.8 Å². The SMILES string of the molecule is Nc1nc(-c2ccncc2)nn1C(=O)[C@@H]1CCCc2ccccc21. The Bertz CT molecular complexity index is 887. The average molecular weight is 319 g/mol. The number of nitrogens with two attached hydrogens (primary N) is 1. The van der Waals surface area contributed by atoms with Crippen molar-refractivity contribution in [3.63, 3.8) is 0 Å². The zero-order chi connectivity index (χ0) is 16.5. The van der Waals surface area contributed by atoms with E-state index in [1.807, 2.05) is 18.2 Å². The second kappa shape index (κ2) is 5.88. The summed E-state index contributed by atoms with van der Waals surface area (Å²) in [5.74, 6) is 0.221. The first-order valence-corrected chi connectivity index (χ1v) is 7.99. The number of aryl methyl sites for hydroxylation is 1.